The fraction of sp³-hybridized carbons (Fsp3) is 0.692. The van der Waals surface area contributed by atoms with E-state index in [9.17, 15) is 5.11 Å². The Morgan fingerprint density at radius 3 is 2.80 bits per heavy atom. The van der Waals surface area contributed by atoms with Crippen molar-refractivity contribution >= 4 is 11.6 Å². The molecule has 7 nitrogen and oxygen atoms in total. The van der Waals surface area contributed by atoms with Gasteiger partial charge in [0, 0.05) is 32.4 Å². The molecule has 1 aliphatic heterocycles. The molecule has 0 amide bonds. The molecule has 112 valence electrons. The van der Waals surface area contributed by atoms with Gasteiger partial charge in [0.25, 0.3) is 0 Å². The first kappa shape index (κ1) is 15.0. The molecule has 1 fully saturated rings. The number of aliphatic hydroxyl groups excluding tert-OH is 1. The summed E-state index contributed by atoms with van der Waals surface area (Å²) in [5.41, 5.74) is 2.57. The van der Waals surface area contributed by atoms with Crippen LogP contribution in [-0.2, 0) is 11.3 Å². The monoisotopic (exact) mass is 281 g/mol. The molecule has 0 aliphatic carbocycles. The minimum Gasteiger partial charge on any atom is -0.396 e. The number of aromatic nitrogens is 2. The second-order valence-electron chi connectivity index (χ2n) is 4.92. The number of piperidine rings is 1. The lowest BCUT2D eigenvalue weighted by Gasteiger charge is -2.32. The van der Waals surface area contributed by atoms with E-state index in [1.54, 1.807) is 0 Å². The third kappa shape index (κ3) is 3.78. The molecule has 4 N–H and O–H groups in total. The zero-order valence-corrected chi connectivity index (χ0v) is 11.9. The summed E-state index contributed by atoms with van der Waals surface area (Å²) in [6, 6.07) is 1.84. The summed E-state index contributed by atoms with van der Waals surface area (Å²) in [6.45, 7) is 4.99. The minimum absolute atomic E-state index is 0.267. The standard InChI is InChI=1S/C13H23N5O2/c1-2-20-9-12-15-11(17-14)7-13(16-12)18-5-3-10(8-19)4-6-18/h7,10,19H,2-6,8-9,14H2,1H3,(H,15,16,17). The Morgan fingerprint density at radius 2 is 2.20 bits per heavy atom. The minimum atomic E-state index is 0.267. The van der Waals surface area contributed by atoms with Gasteiger partial charge < -0.3 is 20.2 Å². The average Bonchev–Trinajstić information content (AvgIpc) is 2.52. The molecule has 7 heteroatoms. The first-order chi connectivity index (χ1) is 9.76. The number of nitrogens with two attached hydrogens (primary N) is 1. The molecule has 0 spiro atoms. The number of aliphatic hydroxyl groups is 1. The number of nitrogens with zero attached hydrogens (tertiary/aromatic N) is 3. The lowest BCUT2D eigenvalue weighted by Crippen LogP contribution is -2.35. The van der Waals surface area contributed by atoms with Crippen molar-refractivity contribution in [2.24, 2.45) is 11.8 Å². The van der Waals surface area contributed by atoms with Crippen LogP contribution in [0.2, 0.25) is 0 Å². The molecule has 0 bridgehead atoms. The van der Waals surface area contributed by atoms with E-state index in [2.05, 4.69) is 20.3 Å². The molecule has 0 aromatic carbocycles. The smallest absolute Gasteiger partial charge is 0.158 e. The predicted octanol–water partition coefficient (Wildman–Crippen LogP) is 0.507. The van der Waals surface area contributed by atoms with Crippen LogP contribution < -0.4 is 16.2 Å². The van der Waals surface area contributed by atoms with Gasteiger partial charge in [-0.3, -0.25) is 0 Å². The third-order valence-electron chi connectivity index (χ3n) is 3.54. The van der Waals surface area contributed by atoms with Crippen LogP contribution in [0.25, 0.3) is 0 Å². The molecular formula is C13H23N5O2. The van der Waals surface area contributed by atoms with Crippen molar-refractivity contribution < 1.29 is 9.84 Å². The number of hydrogen-bond acceptors (Lipinski definition) is 7. The van der Waals surface area contributed by atoms with Gasteiger partial charge in [0.2, 0.25) is 0 Å². The molecule has 1 aromatic rings. The second kappa shape index (κ2) is 7.37. The SMILES string of the molecule is CCOCc1nc(NN)cc(N2CCC(CO)CC2)n1. The number of ether oxygens (including phenoxy) is 1. The average molecular weight is 281 g/mol. The largest absolute Gasteiger partial charge is 0.396 e. The Labute approximate surface area is 119 Å². The summed E-state index contributed by atoms with van der Waals surface area (Å²) in [5, 5.41) is 9.18. The highest BCUT2D eigenvalue weighted by Gasteiger charge is 2.20. The summed E-state index contributed by atoms with van der Waals surface area (Å²) in [5.74, 6) is 7.94. The molecule has 1 aliphatic rings. The second-order valence-corrected chi connectivity index (χ2v) is 4.92. The predicted molar refractivity (Wildman–Crippen MR) is 77.2 cm³/mol. The quantitative estimate of drug-likeness (QED) is 0.516. The summed E-state index contributed by atoms with van der Waals surface area (Å²) in [6.07, 6.45) is 1.96. The lowest BCUT2D eigenvalue weighted by atomic mass is 9.98. The maximum absolute atomic E-state index is 9.18. The Kier molecular flexibility index (Phi) is 5.51. The zero-order chi connectivity index (χ0) is 14.4. The summed E-state index contributed by atoms with van der Waals surface area (Å²) in [7, 11) is 0. The normalized spacial score (nSPS) is 16.4. The summed E-state index contributed by atoms with van der Waals surface area (Å²) >= 11 is 0. The van der Waals surface area contributed by atoms with E-state index in [-0.39, 0.29) is 6.61 Å². The van der Waals surface area contributed by atoms with Gasteiger partial charge in [-0.15, -0.1) is 0 Å². The van der Waals surface area contributed by atoms with Crippen LogP contribution in [0.1, 0.15) is 25.6 Å². The van der Waals surface area contributed by atoms with E-state index in [1.165, 1.54) is 0 Å². The van der Waals surface area contributed by atoms with Gasteiger partial charge in [-0.2, -0.15) is 0 Å². The maximum Gasteiger partial charge on any atom is 0.158 e. The van der Waals surface area contributed by atoms with E-state index in [0.717, 1.165) is 31.7 Å². The Morgan fingerprint density at radius 1 is 1.45 bits per heavy atom. The molecule has 0 saturated carbocycles. The van der Waals surface area contributed by atoms with E-state index in [0.29, 0.717) is 30.8 Å². The van der Waals surface area contributed by atoms with Crippen LogP contribution in [-0.4, -0.2) is 41.4 Å². The van der Waals surface area contributed by atoms with E-state index in [1.807, 2.05) is 13.0 Å². The molecule has 2 rings (SSSR count). The van der Waals surface area contributed by atoms with E-state index in [4.69, 9.17) is 10.6 Å². The highest BCUT2D eigenvalue weighted by molar-refractivity contribution is 5.49. The van der Waals surface area contributed by atoms with Gasteiger partial charge in [0.15, 0.2) is 5.82 Å². The number of anilines is 2. The van der Waals surface area contributed by atoms with Gasteiger partial charge >= 0.3 is 0 Å². The Balaban J connectivity index is 2.10. The first-order valence-corrected chi connectivity index (χ1v) is 7.05. The molecular weight excluding hydrogens is 258 g/mol. The van der Waals surface area contributed by atoms with Crippen LogP contribution >= 0.6 is 0 Å². The molecule has 20 heavy (non-hydrogen) atoms. The fourth-order valence-corrected chi connectivity index (χ4v) is 2.32. The number of nitrogens with one attached hydrogen (secondary N) is 1. The van der Waals surface area contributed by atoms with Gasteiger partial charge in [0.1, 0.15) is 18.2 Å². The van der Waals surface area contributed by atoms with Gasteiger partial charge in [-0.25, -0.2) is 15.8 Å². The Hall–Kier alpha value is -1.44. The van der Waals surface area contributed by atoms with Gasteiger partial charge in [0.05, 0.1) is 0 Å². The van der Waals surface area contributed by atoms with Gasteiger partial charge in [-0.1, -0.05) is 0 Å². The number of hydrazine groups is 1. The summed E-state index contributed by atoms with van der Waals surface area (Å²) in [4.78, 5) is 11.0. The van der Waals surface area contributed by atoms with Gasteiger partial charge in [-0.05, 0) is 25.7 Å². The van der Waals surface area contributed by atoms with Crippen LogP contribution in [0, 0.1) is 5.92 Å². The lowest BCUT2D eigenvalue weighted by molar-refractivity contribution is 0.128. The molecule has 1 aromatic heterocycles. The van der Waals surface area contributed by atoms with Crippen LogP contribution in [0.5, 0.6) is 0 Å². The molecule has 1 saturated heterocycles. The van der Waals surface area contributed by atoms with Crippen LogP contribution in [0.4, 0.5) is 11.6 Å². The third-order valence-corrected chi connectivity index (χ3v) is 3.54. The molecule has 0 radical (unpaired) electrons. The van der Waals surface area contributed by atoms with Crippen molar-refractivity contribution in [3.05, 3.63) is 11.9 Å². The van der Waals surface area contributed by atoms with Crippen LogP contribution in [0.3, 0.4) is 0 Å². The molecule has 2 heterocycles. The number of hydrogen-bond donors (Lipinski definition) is 3. The van der Waals surface area contributed by atoms with Crippen molar-refractivity contribution in [1.29, 1.82) is 0 Å². The summed E-state index contributed by atoms with van der Waals surface area (Å²) < 4.78 is 5.35. The van der Waals surface area contributed by atoms with Crippen molar-refractivity contribution in [3.8, 4) is 0 Å². The number of rotatable bonds is 6. The van der Waals surface area contributed by atoms with E-state index < -0.39 is 0 Å². The van der Waals surface area contributed by atoms with Crippen molar-refractivity contribution in [2.45, 2.75) is 26.4 Å². The number of nitrogen functional groups attached to an aromatic ring is 1. The first-order valence-electron chi connectivity index (χ1n) is 7.05. The maximum atomic E-state index is 9.18. The zero-order valence-electron chi connectivity index (χ0n) is 11.9. The Bertz CT molecular complexity index is 421. The fourth-order valence-electron chi connectivity index (χ4n) is 2.32. The highest BCUT2D eigenvalue weighted by atomic mass is 16.5. The van der Waals surface area contributed by atoms with Crippen LogP contribution in [0.15, 0.2) is 6.07 Å². The molecule has 0 atom stereocenters. The topological polar surface area (TPSA) is 96.5 Å². The van der Waals surface area contributed by atoms with Crippen molar-refractivity contribution in [1.82, 2.24) is 9.97 Å². The van der Waals surface area contributed by atoms with Crippen molar-refractivity contribution in [3.63, 3.8) is 0 Å². The van der Waals surface area contributed by atoms with Crippen molar-refractivity contribution in [2.75, 3.05) is 36.6 Å². The molecule has 0 unspecified atom stereocenters. The highest BCUT2D eigenvalue weighted by Crippen LogP contribution is 2.23. The van der Waals surface area contributed by atoms with E-state index >= 15 is 0 Å².